The monoisotopic (exact) mass is 193 g/mol. The molecule has 0 aromatic rings. The van der Waals surface area contributed by atoms with E-state index in [2.05, 4.69) is 30.6 Å². The van der Waals surface area contributed by atoms with Crippen molar-refractivity contribution >= 4 is 31.2 Å². The summed E-state index contributed by atoms with van der Waals surface area (Å²) >= 11 is 8.17. The maximum Gasteiger partial charge on any atom is 0.223 e. The molecule has 1 amide bonds. The van der Waals surface area contributed by atoms with Gasteiger partial charge in [0.05, 0.1) is 0 Å². The van der Waals surface area contributed by atoms with Crippen LogP contribution in [0.3, 0.4) is 0 Å². The van der Waals surface area contributed by atoms with Gasteiger partial charge in [0.1, 0.15) is 0 Å². The number of carbonyl (C=O) groups is 1. The van der Waals surface area contributed by atoms with Crippen molar-refractivity contribution in [1.29, 1.82) is 0 Å². The van der Waals surface area contributed by atoms with Crippen molar-refractivity contribution in [2.45, 2.75) is 12.8 Å². The Morgan fingerprint density at radius 3 is 2.55 bits per heavy atom. The molecule has 0 aliphatic rings. The summed E-state index contributed by atoms with van der Waals surface area (Å²) in [6.07, 6.45) is 1.86. The molecule has 2 nitrogen and oxygen atoms in total. The summed E-state index contributed by atoms with van der Waals surface area (Å²) in [5.74, 6) is 1.59. The Hall–Kier alpha value is 0.170. The minimum absolute atomic E-state index is 0.0514. The van der Waals surface area contributed by atoms with Crippen molar-refractivity contribution in [3.05, 3.63) is 0 Å². The fraction of sp³-hybridized carbons (Fsp3) is 0.857. The maximum atomic E-state index is 11.1. The zero-order chi connectivity index (χ0) is 8.69. The zero-order valence-corrected chi connectivity index (χ0v) is 8.50. The van der Waals surface area contributed by atoms with Gasteiger partial charge in [0.25, 0.3) is 0 Å². The van der Waals surface area contributed by atoms with E-state index in [-0.39, 0.29) is 11.8 Å². The number of rotatable bonds is 5. The second-order valence-corrected chi connectivity index (χ2v) is 3.17. The summed E-state index contributed by atoms with van der Waals surface area (Å²) in [6, 6.07) is 0. The third-order valence-electron chi connectivity index (χ3n) is 1.55. The van der Waals surface area contributed by atoms with Crippen molar-refractivity contribution in [3.8, 4) is 0 Å². The third-order valence-corrected chi connectivity index (χ3v) is 2.31. The first-order valence-corrected chi connectivity index (χ1v) is 4.96. The lowest BCUT2D eigenvalue weighted by Crippen LogP contribution is -2.28. The lowest BCUT2D eigenvalue weighted by molar-refractivity contribution is -0.124. The van der Waals surface area contributed by atoms with Crippen molar-refractivity contribution < 1.29 is 4.79 Å². The van der Waals surface area contributed by atoms with Crippen LogP contribution in [0.5, 0.6) is 0 Å². The Balaban J connectivity index is 3.65. The molecule has 0 bridgehead atoms. The number of nitrogens with one attached hydrogen (secondary N) is 1. The van der Waals surface area contributed by atoms with Crippen LogP contribution in [0.25, 0.3) is 0 Å². The fourth-order valence-electron chi connectivity index (χ4n) is 0.847. The van der Waals surface area contributed by atoms with E-state index in [1.165, 1.54) is 0 Å². The number of amides is 1. The highest BCUT2D eigenvalue weighted by Crippen LogP contribution is 2.08. The molecule has 0 aliphatic heterocycles. The summed E-state index contributed by atoms with van der Waals surface area (Å²) in [5, 5.41) is 2.61. The molecular weight excluding hydrogens is 178 g/mol. The Kier molecular flexibility index (Phi) is 6.96. The van der Waals surface area contributed by atoms with Crippen molar-refractivity contribution in [3.63, 3.8) is 0 Å². The van der Waals surface area contributed by atoms with Crippen molar-refractivity contribution in [1.82, 2.24) is 5.32 Å². The van der Waals surface area contributed by atoms with Gasteiger partial charge in [-0.3, -0.25) is 4.79 Å². The van der Waals surface area contributed by atoms with Crippen LogP contribution in [0, 0.1) is 5.92 Å². The smallest absolute Gasteiger partial charge is 0.223 e. The first-order valence-electron chi connectivity index (χ1n) is 3.69. The van der Waals surface area contributed by atoms with Gasteiger partial charge in [0.15, 0.2) is 0 Å². The highest BCUT2D eigenvalue weighted by Gasteiger charge is 2.13. The number of hydrogen-bond donors (Lipinski definition) is 3. The Morgan fingerprint density at radius 2 is 2.18 bits per heavy atom. The van der Waals surface area contributed by atoms with E-state index in [0.29, 0.717) is 5.75 Å². The first kappa shape index (κ1) is 11.2. The van der Waals surface area contributed by atoms with Crippen LogP contribution < -0.4 is 5.32 Å². The largest absolute Gasteiger partial charge is 0.359 e. The molecule has 1 N–H and O–H groups in total. The van der Waals surface area contributed by atoms with Crippen molar-refractivity contribution in [2.75, 3.05) is 18.6 Å². The maximum absolute atomic E-state index is 11.1. The average molecular weight is 193 g/mol. The Bertz CT molecular complexity index is 119. The molecule has 0 fully saturated rings. The topological polar surface area (TPSA) is 29.1 Å². The zero-order valence-electron chi connectivity index (χ0n) is 6.71. The molecule has 4 heteroatoms. The second-order valence-electron chi connectivity index (χ2n) is 2.36. The van der Waals surface area contributed by atoms with E-state index < -0.39 is 0 Å². The summed E-state index contributed by atoms with van der Waals surface area (Å²) < 4.78 is 0. The van der Waals surface area contributed by atoms with Crippen LogP contribution in [-0.4, -0.2) is 24.5 Å². The molecule has 0 aromatic carbocycles. The molecule has 0 aliphatic carbocycles. The summed E-state index contributed by atoms with van der Waals surface area (Å²) in [6.45, 7) is 0. The number of carbonyl (C=O) groups excluding carboxylic acids is 1. The minimum Gasteiger partial charge on any atom is -0.359 e. The molecule has 0 rings (SSSR count). The summed E-state index contributed by atoms with van der Waals surface area (Å²) in [7, 11) is 1.65. The van der Waals surface area contributed by atoms with Gasteiger partial charge in [-0.1, -0.05) is 0 Å². The highest BCUT2D eigenvalue weighted by molar-refractivity contribution is 7.80. The van der Waals surface area contributed by atoms with Gasteiger partial charge in [-0.15, -0.1) is 0 Å². The van der Waals surface area contributed by atoms with E-state index in [1.807, 2.05) is 0 Å². The molecule has 1 atom stereocenters. The highest BCUT2D eigenvalue weighted by atomic mass is 32.1. The average Bonchev–Trinajstić information content (AvgIpc) is 2.05. The SMILES string of the molecule is CNC(=O)C(CS)CCCS. The quantitative estimate of drug-likeness (QED) is 0.558. The van der Waals surface area contributed by atoms with Crippen LogP contribution in [-0.2, 0) is 4.79 Å². The molecule has 66 valence electrons. The van der Waals surface area contributed by atoms with Crippen molar-refractivity contribution in [2.24, 2.45) is 5.92 Å². The Labute approximate surface area is 79.0 Å². The van der Waals surface area contributed by atoms with E-state index in [4.69, 9.17) is 0 Å². The van der Waals surface area contributed by atoms with E-state index in [9.17, 15) is 4.79 Å². The van der Waals surface area contributed by atoms with E-state index in [1.54, 1.807) is 7.05 Å². The predicted molar refractivity (Wildman–Crippen MR) is 54.5 cm³/mol. The van der Waals surface area contributed by atoms with Gasteiger partial charge in [0.2, 0.25) is 5.91 Å². The molecule has 0 saturated heterocycles. The lowest BCUT2D eigenvalue weighted by Gasteiger charge is -2.10. The predicted octanol–water partition coefficient (Wildman–Crippen LogP) is 0.988. The standard InChI is InChI=1S/C7H15NOS2/c1-8-7(9)6(5-11)3-2-4-10/h6,10-11H,2-5H2,1H3,(H,8,9). The first-order chi connectivity index (χ1) is 5.26. The number of thiol groups is 2. The minimum atomic E-state index is 0.0514. The van der Waals surface area contributed by atoms with Gasteiger partial charge in [-0.2, -0.15) is 25.3 Å². The van der Waals surface area contributed by atoms with Crippen LogP contribution in [0.15, 0.2) is 0 Å². The molecule has 0 saturated carbocycles. The van der Waals surface area contributed by atoms with Gasteiger partial charge in [-0.05, 0) is 18.6 Å². The molecule has 1 unspecified atom stereocenters. The van der Waals surface area contributed by atoms with Gasteiger partial charge >= 0.3 is 0 Å². The number of hydrogen-bond acceptors (Lipinski definition) is 3. The second kappa shape index (κ2) is 6.85. The molecule has 0 spiro atoms. The molecule has 11 heavy (non-hydrogen) atoms. The molecule has 0 radical (unpaired) electrons. The van der Waals surface area contributed by atoms with Crippen LogP contribution in [0.4, 0.5) is 0 Å². The lowest BCUT2D eigenvalue weighted by atomic mass is 10.1. The molecule has 0 heterocycles. The van der Waals surface area contributed by atoms with E-state index >= 15 is 0 Å². The Morgan fingerprint density at radius 1 is 1.55 bits per heavy atom. The summed E-state index contributed by atoms with van der Waals surface area (Å²) in [5.41, 5.74) is 0. The summed E-state index contributed by atoms with van der Waals surface area (Å²) in [4.78, 5) is 11.1. The third kappa shape index (κ3) is 4.58. The van der Waals surface area contributed by atoms with E-state index in [0.717, 1.165) is 18.6 Å². The fourth-order valence-corrected chi connectivity index (χ4v) is 1.38. The molecular formula is C7H15NOS2. The van der Waals surface area contributed by atoms with Crippen LogP contribution in [0.1, 0.15) is 12.8 Å². The molecule has 0 aromatic heterocycles. The van der Waals surface area contributed by atoms with Crippen LogP contribution in [0.2, 0.25) is 0 Å². The van der Waals surface area contributed by atoms with Crippen LogP contribution >= 0.6 is 25.3 Å². The van der Waals surface area contributed by atoms with Gasteiger partial charge in [0, 0.05) is 18.7 Å². The van der Waals surface area contributed by atoms with Gasteiger partial charge in [-0.25, -0.2) is 0 Å². The normalized spacial score (nSPS) is 12.6. The van der Waals surface area contributed by atoms with Gasteiger partial charge < -0.3 is 5.32 Å².